The van der Waals surface area contributed by atoms with Crippen molar-refractivity contribution >= 4 is 5.65 Å². The van der Waals surface area contributed by atoms with Gasteiger partial charge in [0.25, 0.3) is 0 Å². The van der Waals surface area contributed by atoms with Gasteiger partial charge in [0.15, 0.2) is 11.3 Å². The molecule has 0 bridgehead atoms. The van der Waals surface area contributed by atoms with Crippen molar-refractivity contribution < 1.29 is 13.2 Å². The van der Waals surface area contributed by atoms with Crippen LogP contribution in [0.1, 0.15) is 11.4 Å². The number of halogens is 3. The topological polar surface area (TPSA) is 54.0 Å². The zero-order chi connectivity index (χ0) is 15.0. The second-order valence-corrected chi connectivity index (χ2v) is 4.29. The average molecular weight is 288 g/mol. The smallest absolute Gasteiger partial charge is 0.278 e. The molecule has 0 N–H and O–H groups in total. The van der Waals surface area contributed by atoms with Gasteiger partial charge >= 0.3 is 6.18 Å². The van der Waals surface area contributed by atoms with Gasteiger partial charge in [0, 0.05) is 5.56 Å². The Hall–Kier alpha value is -2.88. The van der Waals surface area contributed by atoms with Crippen LogP contribution in [-0.2, 0) is 6.18 Å². The molecule has 21 heavy (non-hydrogen) atoms. The minimum absolute atomic E-state index is 0.105. The van der Waals surface area contributed by atoms with Crippen LogP contribution in [0.2, 0.25) is 0 Å². The zero-order valence-corrected chi connectivity index (χ0v) is 10.5. The maximum atomic E-state index is 13.2. The number of fused-ring (bicyclic) bond motifs is 1. The maximum absolute atomic E-state index is 13.2. The van der Waals surface area contributed by atoms with E-state index in [-0.39, 0.29) is 17.0 Å². The van der Waals surface area contributed by atoms with Gasteiger partial charge in [-0.2, -0.15) is 18.4 Å². The minimum atomic E-state index is -4.57. The Labute approximate surface area is 117 Å². The minimum Gasteiger partial charge on any atom is -0.278 e. The van der Waals surface area contributed by atoms with Gasteiger partial charge in [0.1, 0.15) is 18.1 Å². The number of rotatable bonds is 1. The molecule has 1 aromatic carbocycles. The molecule has 0 aliphatic rings. The van der Waals surface area contributed by atoms with Crippen molar-refractivity contribution in [2.45, 2.75) is 6.18 Å². The lowest BCUT2D eigenvalue weighted by Gasteiger charge is -2.11. The highest BCUT2D eigenvalue weighted by molar-refractivity contribution is 5.65. The van der Waals surface area contributed by atoms with Crippen molar-refractivity contribution in [2.24, 2.45) is 0 Å². The highest BCUT2D eigenvalue weighted by Crippen LogP contribution is 2.32. The first-order valence-corrected chi connectivity index (χ1v) is 5.91. The van der Waals surface area contributed by atoms with Crippen molar-refractivity contribution in [2.75, 3.05) is 0 Å². The number of hydrogen-bond donors (Lipinski definition) is 0. The van der Waals surface area contributed by atoms with Crippen LogP contribution in [0, 0.1) is 11.3 Å². The normalized spacial score (nSPS) is 11.5. The summed E-state index contributed by atoms with van der Waals surface area (Å²) in [4.78, 5) is 7.79. The van der Waals surface area contributed by atoms with Gasteiger partial charge in [-0.3, -0.25) is 4.40 Å². The quantitative estimate of drug-likeness (QED) is 0.690. The molecule has 0 saturated carbocycles. The Morgan fingerprint density at radius 1 is 1.14 bits per heavy atom. The molecule has 0 amide bonds. The van der Waals surface area contributed by atoms with Crippen molar-refractivity contribution in [3.63, 3.8) is 0 Å². The number of imidazole rings is 1. The van der Waals surface area contributed by atoms with Crippen molar-refractivity contribution in [1.29, 1.82) is 5.26 Å². The Kier molecular flexibility index (Phi) is 2.87. The zero-order valence-electron chi connectivity index (χ0n) is 10.5. The monoisotopic (exact) mass is 288 g/mol. The Bertz CT molecular complexity index is 844. The molecule has 2 heterocycles. The van der Waals surface area contributed by atoms with Crippen molar-refractivity contribution in [1.82, 2.24) is 14.4 Å². The lowest BCUT2D eigenvalue weighted by atomic mass is 10.1. The van der Waals surface area contributed by atoms with E-state index in [1.165, 1.54) is 0 Å². The summed E-state index contributed by atoms with van der Waals surface area (Å²) < 4.78 is 40.3. The summed E-state index contributed by atoms with van der Waals surface area (Å²) in [6, 6.07) is 11.2. The van der Waals surface area contributed by atoms with Crippen LogP contribution in [0.15, 0.2) is 42.7 Å². The van der Waals surface area contributed by atoms with Crippen molar-refractivity contribution in [3.05, 3.63) is 54.1 Å². The van der Waals surface area contributed by atoms with E-state index in [1.54, 1.807) is 36.4 Å². The number of nitrogens with zero attached hydrogens (tertiary/aromatic N) is 4. The fourth-order valence-corrected chi connectivity index (χ4v) is 2.02. The second kappa shape index (κ2) is 4.59. The van der Waals surface area contributed by atoms with Gasteiger partial charge in [-0.15, -0.1) is 0 Å². The Morgan fingerprint density at radius 2 is 1.86 bits per heavy atom. The first kappa shape index (κ1) is 13.1. The van der Waals surface area contributed by atoms with Crippen LogP contribution >= 0.6 is 0 Å². The SMILES string of the molecule is N#Cc1ncn2c(C(F)(F)F)cc(-c3ccccc3)nc12. The van der Waals surface area contributed by atoms with E-state index in [2.05, 4.69) is 9.97 Å². The van der Waals surface area contributed by atoms with Gasteiger partial charge in [0.05, 0.1) is 5.69 Å². The lowest BCUT2D eigenvalue weighted by molar-refractivity contribution is -0.142. The lowest BCUT2D eigenvalue weighted by Crippen LogP contribution is -2.12. The molecule has 0 spiro atoms. The summed E-state index contributed by atoms with van der Waals surface area (Å²) in [7, 11) is 0. The predicted molar refractivity (Wildman–Crippen MR) is 68.1 cm³/mol. The van der Waals surface area contributed by atoms with Crippen molar-refractivity contribution in [3.8, 4) is 17.3 Å². The Balaban J connectivity index is 2.36. The van der Waals surface area contributed by atoms with Gasteiger partial charge in [-0.05, 0) is 6.07 Å². The van der Waals surface area contributed by atoms with Crippen LogP contribution in [0.3, 0.4) is 0 Å². The summed E-state index contributed by atoms with van der Waals surface area (Å²) in [5.74, 6) is 0. The van der Waals surface area contributed by atoms with Crippen LogP contribution < -0.4 is 0 Å². The fourth-order valence-electron chi connectivity index (χ4n) is 2.02. The molecule has 3 rings (SSSR count). The molecule has 0 fully saturated rings. The number of alkyl halides is 3. The average Bonchev–Trinajstić information content (AvgIpc) is 2.89. The molecule has 0 saturated heterocycles. The highest BCUT2D eigenvalue weighted by Gasteiger charge is 2.35. The molecule has 104 valence electrons. The molecule has 0 aliphatic carbocycles. The second-order valence-electron chi connectivity index (χ2n) is 4.29. The maximum Gasteiger partial charge on any atom is 0.431 e. The summed E-state index contributed by atoms with van der Waals surface area (Å²) in [5, 5.41) is 8.93. The first-order chi connectivity index (χ1) is 10.0. The summed E-state index contributed by atoms with van der Waals surface area (Å²) >= 11 is 0. The molecular weight excluding hydrogens is 281 g/mol. The molecule has 0 atom stereocenters. The number of aromatic nitrogens is 3. The van der Waals surface area contributed by atoms with Gasteiger partial charge in [-0.25, -0.2) is 9.97 Å². The number of hydrogen-bond acceptors (Lipinski definition) is 3. The molecule has 4 nitrogen and oxygen atoms in total. The number of nitriles is 1. The van der Waals surface area contributed by atoms with E-state index in [0.717, 1.165) is 16.8 Å². The molecule has 0 radical (unpaired) electrons. The molecular formula is C14H7F3N4. The summed E-state index contributed by atoms with van der Waals surface area (Å²) in [6.07, 6.45) is -3.61. The largest absolute Gasteiger partial charge is 0.431 e. The third-order valence-corrected chi connectivity index (χ3v) is 2.97. The van der Waals surface area contributed by atoms with E-state index in [0.29, 0.717) is 5.56 Å². The van der Waals surface area contributed by atoms with Crippen LogP contribution in [0.25, 0.3) is 16.9 Å². The number of benzene rings is 1. The van der Waals surface area contributed by atoms with Crippen LogP contribution in [0.4, 0.5) is 13.2 Å². The van der Waals surface area contributed by atoms with E-state index >= 15 is 0 Å². The van der Waals surface area contributed by atoms with Gasteiger partial charge in [0.2, 0.25) is 0 Å². The fraction of sp³-hybridized carbons (Fsp3) is 0.0714. The van der Waals surface area contributed by atoms with E-state index in [9.17, 15) is 13.2 Å². The van der Waals surface area contributed by atoms with Gasteiger partial charge in [-0.1, -0.05) is 30.3 Å². The molecule has 0 aliphatic heterocycles. The van der Waals surface area contributed by atoms with E-state index in [4.69, 9.17) is 5.26 Å². The summed E-state index contributed by atoms with van der Waals surface area (Å²) in [5.41, 5.74) is -0.479. The summed E-state index contributed by atoms with van der Waals surface area (Å²) in [6.45, 7) is 0. The van der Waals surface area contributed by atoms with E-state index in [1.807, 2.05) is 0 Å². The highest BCUT2D eigenvalue weighted by atomic mass is 19.4. The third kappa shape index (κ3) is 2.21. The van der Waals surface area contributed by atoms with E-state index < -0.39 is 11.9 Å². The Morgan fingerprint density at radius 3 is 2.48 bits per heavy atom. The molecule has 2 aromatic heterocycles. The van der Waals surface area contributed by atoms with Gasteiger partial charge < -0.3 is 0 Å². The molecule has 0 unspecified atom stereocenters. The molecule has 7 heteroatoms. The standard InChI is InChI=1S/C14H7F3N4/c15-14(16,17)12-6-10(9-4-2-1-3-5-9)20-13-11(7-18)19-8-21(12)13/h1-6,8H. The first-order valence-electron chi connectivity index (χ1n) is 5.91. The predicted octanol–water partition coefficient (Wildman–Crippen LogP) is 3.29. The van der Waals surface area contributed by atoms with Crippen LogP contribution in [-0.4, -0.2) is 14.4 Å². The molecule has 3 aromatic rings. The van der Waals surface area contributed by atoms with Crippen LogP contribution in [0.5, 0.6) is 0 Å². The third-order valence-electron chi connectivity index (χ3n) is 2.97.